The quantitative estimate of drug-likeness (QED) is 0.794. The summed E-state index contributed by atoms with van der Waals surface area (Å²) in [5.74, 6) is 0. The molecule has 0 aliphatic carbocycles. The molecular weight excluding hydrogens is 282 g/mol. The maximum atomic E-state index is 9.45. The third-order valence-corrected chi connectivity index (χ3v) is 4.99. The van der Waals surface area contributed by atoms with Gasteiger partial charge in [-0.05, 0) is 34.9 Å². The van der Waals surface area contributed by atoms with Gasteiger partial charge in [0.2, 0.25) is 0 Å². The van der Waals surface area contributed by atoms with E-state index in [-0.39, 0.29) is 16.4 Å². The van der Waals surface area contributed by atoms with E-state index < -0.39 is 0 Å². The van der Waals surface area contributed by atoms with Crippen molar-refractivity contribution >= 4 is 0 Å². The lowest BCUT2D eigenvalue weighted by molar-refractivity contribution is 0.164. The number of hydrogen-bond donors (Lipinski definition) is 0. The molecule has 0 amide bonds. The van der Waals surface area contributed by atoms with Crippen LogP contribution >= 0.6 is 0 Å². The van der Waals surface area contributed by atoms with Crippen molar-refractivity contribution in [2.45, 2.75) is 59.4 Å². The van der Waals surface area contributed by atoms with E-state index in [1.165, 1.54) is 5.56 Å². The molecule has 1 aromatic heterocycles. The molecule has 0 radical (unpaired) electrons. The van der Waals surface area contributed by atoms with Gasteiger partial charge in [0.15, 0.2) is 0 Å². The van der Waals surface area contributed by atoms with Crippen molar-refractivity contribution in [1.29, 1.82) is 5.26 Å². The summed E-state index contributed by atoms with van der Waals surface area (Å²) in [6.07, 6.45) is 5.71. The summed E-state index contributed by atoms with van der Waals surface area (Å²) in [4.78, 5) is 4.24. The zero-order valence-electron chi connectivity index (χ0n) is 15.3. The van der Waals surface area contributed by atoms with Gasteiger partial charge in [-0.15, -0.1) is 0 Å². The van der Waals surface area contributed by atoms with Gasteiger partial charge in [-0.2, -0.15) is 5.26 Å². The second-order valence-corrected chi connectivity index (χ2v) is 8.41. The van der Waals surface area contributed by atoms with E-state index >= 15 is 0 Å². The summed E-state index contributed by atoms with van der Waals surface area (Å²) in [6.45, 7) is 15.4. The fraction of sp³-hybridized carbons (Fsp3) is 0.500. The Morgan fingerprint density at radius 3 is 2.13 bits per heavy atom. The van der Waals surface area contributed by atoms with Crippen molar-refractivity contribution in [3.8, 4) is 6.07 Å². The number of benzene rings is 1. The number of aromatic nitrogens is 2. The van der Waals surface area contributed by atoms with Crippen molar-refractivity contribution in [3.63, 3.8) is 0 Å². The molecule has 23 heavy (non-hydrogen) atoms. The maximum absolute atomic E-state index is 9.45. The van der Waals surface area contributed by atoms with Gasteiger partial charge in [0, 0.05) is 12.4 Å². The van der Waals surface area contributed by atoms with Crippen molar-refractivity contribution in [2.24, 2.45) is 5.41 Å². The summed E-state index contributed by atoms with van der Waals surface area (Å²) in [6, 6.07) is 8.57. The molecule has 1 heterocycles. The zero-order chi connectivity index (χ0) is 17.5. The van der Waals surface area contributed by atoms with Crippen LogP contribution in [-0.4, -0.2) is 9.55 Å². The minimum Gasteiger partial charge on any atom is -0.327 e. The molecule has 2 aromatic rings. The van der Waals surface area contributed by atoms with E-state index in [0.717, 1.165) is 11.1 Å². The SMILES string of the molecule is CC(C)(C)c1cc(C(C)(n2ccnc2)C(C)(C)C)ccc1C#N. The van der Waals surface area contributed by atoms with Crippen LogP contribution in [0.5, 0.6) is 0 Å². The molecule has 0 saturated heterocycles. The zero-order valence-corrected chi connectivity index (χ0v) is 15.3. The molecule has 0 aliphatic heterocycles. The predicted octanol–water partition coefficient (Wildman–Crippen LogP) is 4.86. The van der Waals surface area contributed by atoms with Crippen molar-refractivity contribution in [1.82, 2.24) is 9.55 Å². The van der Waals surface area contributed by atoms with Crippen LogP contribution in [-0.2, 0) is 11.0 Å². The van der Waals surface area contributed by atoms with Crippen LogP contribution in [0.1, 0.15) is 65.2 Å². The fourth-order valence-corrected chi connectivity index (χ4v) is 3.06. The minimum atomic E-state index is -0.252. The van der Waals surface area contributed by atoms with E-state index in [0.29, 0.717) is 0 Å². The summed E-state index contributed by atoms with van der Waals surface area (Å²) in [5, 5.41) is 9.45. The van der Waals surface area contributed by atoms with Crippen LogP contribution in [0.3, 0.4) is 0 Å². The smallest absolute Gasteiger partial charge is 0.0994 e. The molecule has 0 bridgehead atoms. The molecule has 0 N–H and O–H groups in total. The molecule has 1 aromatic carbocycles. The Labute approximate surface area is 140 Å². The molecular formula is C20H27N3. The van der Waals surface area contributed by atoms with Crippen LogP contribution in [0.4, 0.5) is 0 Å². The standard InChI is InChI=1S/C20H27N3/c1-18(2,3)17-12-16(9-8-15(17)13-21)20(7,19(4,5)6)23-11-10-22-14-23/h8-12,14H,1-7H3. The molecule has 0 fully saturated rings. The highest BCUT2D eigenvalue weighted by Crippen LogP contribution is 2.43. The minimum absolute atomic E-state index is 0.0169. The molecule has 2 rings (SSSR count). The highest BCUT2D eigenvalue weighted by molar-refractivity contribution is 5.46. The Balaban J connectivity index is 2.75. The maximum Gasteiger partial charge on any atom is 0.0994 e. The van der Waals surface area contributed by atoms with Crippen molar-refractivity contribution in [3.05, 3.63) is 53.6 Å². The Bertz CT molecular complexity index is 722. The monoisotopic (exact) mass is 309 g/mol. The van der Waals surface area contributed by atoms with E-state index in [2.05, 4.69) is 76.2 Å². The largest absolute Gasteiger partial charge is 0.327 e. The lowest BCUT2D eigenvalue weighted by Crippen LogP contribution is -2.43. The van der Waals surface area contributed by atoms with E-state index in [1.807, 2.05) is 24.8 Å². The van der Waals surface area contributed by atoms with E-state index in [4.69, 9.17) is 0 Å². The Morgan fingerprint density at radius 2 is 1.70 bits per heavy atom. The number of nitriles is 1. The van der Waals surface area contributed by atoms with Gasteiger partial charge in [0.25, 0.3) is 0 Å². The van der Waals surface area contributed by atoms with Crippen molar-refractivity contribution < 1.29 is 0 Å². The highest BCUT2D eigenvalue weighted by atomic mass is 15.1. The number of hydrogen-bond acceptors (Lipinski definition) is 2. The summed E-state index contributed by atoms with van der Waals surface area (Å²) >= 11 is 0. The lowest BCUT2D eigenvalue weighted by atomic mass is 9.69. The molecule has 0 saturated carbocycles. The van der Waals surface area contributed by atoms with Gasteiger partial charge >= 0.3 is 0 Å². The second kappa shape index (κ2) is 5.53. The topological polar surface area (TPSA) is 41.6 Å². The number of imidazole rings is 1. The lowest BCUT2D eigenvalue weighted by Gasteiger charge is -2.44. The summed E-state index contributed by atoms with van der Waals surface area (Å²) in [5.41, 5.74) is 2.70. The molecule has 0 spiro atoms. The Morgan fingerprint density at radius 1 is 1.04 bits per heavy atom. The van der Waals surface area contributed by atoms with Crippen LogP contribution in [0.25, 0.3) is 0 Å². The first-order valence-electron chi connectivity index (χ1n) is 8.05. The first-order chi connectivity index (χ1) is 10.5. The highest BCUT2D eigenvalue weighted by Gasteiger charge is 2.41. The van der Waals surface area contributed by atoms with Crippen LogP contribution < -0.4 is 0 Å². The third-order valence-electron chi connectivity index (χ3n) is 4.99. The molecule has 0 aliphatic rings. The third kappa shape index (κ3) is 2.91. The summed E-state index contributed by atoms with van der Waals surface area (Å²) in [7, 11) is 0. The molecule has 1 unspecified atom stereocenters. The fourth-order valence-electron chi connectivity index (χ4n) is 3.06. The molecule has 122 valence electrons. The first kappa shape index (κ1) is 17.3. The first-order valence-corrected chi connectivity index (χ1v) is 8.05. The van der Waals surface area contributed by atoms with E-state index in [9.17, 15) is 5.26 Å². The Kier molecular flexibility index (Phi) is 4.15. The molecule has 3 heteroatoms. The van der Waals surface area contributed by atoms with Crippen LogP contribution in [0.2, 0.25) is 0 Å². The van der Waals surface area contributed by atoms with E-state index in [1.54, 1.807) is 0 Å². The normalized spacial score (nSPS) is 15.0. The van der Waals surface area contributed by atoms with Gasteiger partial charge in [-0.3, -0.25) is 0 Å². The van der Waals surface area contributed by atoms with Gasteiger partial charge < -0.3 is 4.57 Å². The Hall–Kier alpha value is -2.08. The average molecular weight is 309 g/mol. The predicted molar refractivity (Wildman–Crippen MR) is 94.3 cm³/mol. The van der Waals surface area contributed by atoms with Crippen molar-refractivity contribution in [2.75, 3.05) is 0 Å². The number of nitrogens with zero attached hydrogens (tertiary/aromatic N) is 3. The van der Waals surface area contributed by atoms with Gasteiger partial charge in [-0.1, -0.05) is 53.7 Å². The van der Waals surface area contributed by atoms with Gasteiger partial charge in [0.05, 0.1) is 23.5 Å². The summed E-state index contributed by atoms with van der Waals surface area (Å²) < 4.78 is 2.17. The van der Waals surface area contributed by atoms with Gasteiger partial charge in [-0.25, -0.2) is 4.98 Å². The van der Waals surface area contributed by atoms with Crippen LogP contribution in [0.15, 0.2) is 36.9 Å². The number of rotatable bonds is 2. The van der Waals surface area contributed by atoms with Gasteiger partial charge in [0.1, 0.15) is 0 Å². The molecule has 1 atom stereocenters. The second-order valence-electron chi connectivity index (χ2n) is 8.41. The van der Waals surface area contributed by atoms with Crippen LogP contribution in [0, 0.1) is 16.7 Å². The average Bonchev–Trinajstić information content (AvgIpc) is 2.98. The molecule has 3 nitrogen and oxygen atoms in total.